The van der Waals surface area contributed by atoms with Gasteiger partial charge in [-0.1, -0.05) is 29.8 Å². The SMILES string of the molecule is CN=C(NCc1cccc(NC(=O)c2ccco2)c1)NCc1cc(C)ccc1OC(F)F.I. The number of aliphatic imine (C=N–C) groups is 1. The number of hydrogen-bond donors (Lipinski definition) is 3. The number of anilines is 1. The van der Waals surface area contributed by atoms with Gasteiger partial charge in [0.05, 0.1) is 6.26 Å². The van der Waals surface area contributed by atoms with Crippen LogP contribution in [0.4, 0.5) is 14.5 Å². The minimum Gasteiger partial charge on any atom is -0.459 e. The van der Waals surface area contributed by atoms with Crippen LogP contribution in [-0.4, -0.2) is 25.5 Å². The van der Waals surface area contributed by atoms with Crippen molar-refractivity contribution in [1.82, 2.24) is 10.6 Å². The summed E-state index contributed by atoms with van der Waals surface area (Å²) in [5, 5.41) is 9.03. The summed E-state index contributed by atoms with van der Waals surface area (Å²) in [5.41, 5.74) is 3.06. The van der Waals surface area contributed by atoms with Gasteiger partial charge in [-0.05, 0) is 42.8 Å². The van der Waals surface area contributed by atoms with Crippen LogP contribution in [0.5, 0.6) is 5.75 Å². The summed E-state index contributed by atoms with van der Waals surface area (Å²) in [7, 11) is 1.61. The number of amides is 1. The maximum Gasteiger partial charge on any atom is 0.387 e. The monoisotopic (exact) mass is 570 g/mol. The Morgan fingerprint density at radius 2 is 1.88 bits per heavy atom. The smallest absolute Gasteiger partial charge is 0.387 e. The molecule has 0 aliphatic carbocycles. The van der Waals surface area contributed by atoms with Gasteiger partial charge in [0.2, 0.25) is 0 Å². The van der Waals surface area contributed by atoms with E-state index in [1.54, 1.807) is 37.4 Å². The first-order valence-electron chi connectivity index (χ1n) is 9.87. The second kappa shape index (κ2) is 12.8. The zero-order valence-corrected chi connectivity index (χ0v) is 20.4. The molecule has 0 spiro atoms. The number of nitrogens with one attached hydrogen (secondary N) is 3. The van der Waals surface area contributed by atoms with E-state index in [4.69, 9.17) is 4.42 Å². The van der Waals surface area contributed by atoms with Crippen LogP contribution in [0.3, 0.4) is 0 Å². The van der Waals surface area contributed by atoms with E-state index in [0.717, 1.165) is 11.1 Å². The van der Waals surface area contributed by atoms with Crippen molar-refractivity contribution in [3.8, 4) is 5.75 Å². The Hall–Kier alpha value is -3.15. The molecule has 3 aromatic rings. The molecule has 176 valence electrons. The fourth-order valence-corrected chi connectivity index (χ4v) is 3.00. The molecule has 1 aromatic heterocycles. The Morgan fingerprint density at radius 3 is 2.58 bits per heavy atom. The highest BCUT2D eigenvalue weighted by Gasteiger charge is 2.11. The van der Waals surface area contributed by atoms with Crippen molar-refractivity contribution in [2.24, 2.45) is 4.99 Å². The summed E-state index contributed by atoms with van der Waals surface area (Å²) in [6.45, 7) is -0.337. The van der Waals surface area contributed by atoms with Crippen LogP contribution in [0.15, 0.2) is 70.3 Å². The lowest BCUT2D eigenvalue weighted by Crippen LogP contribution is -2.36. The van der Waals surface area contributed by atoms with E-state index >= 15 is 0 Å². The standard InChI is InChI=1S/C23H24F2N4O3.HI/c1-15-8-9-19(32-22(24)25)17(11-15)14-28-23(26-2)27-13-16-5-3-6-18(12-16)29-21(30)20-7-4-10-31-20;/h3-12,22H,13-14H2,1-2H3,(H,29,30)(H2,26,27,28);1H. The van der Waals surface area contributed by atoms with Gasteiger partial charge in [0.15, 0.2) is 11.7 Å². The first kappa shape index (κ1) is 26.1. The second-order valence-electron chi connectivity index (χ2n) is 6.90. The molecule has 10 heteroatoms. The molecule has 0 aliphatic heterocycles. The van der Waals surface area contributed by atoms with Crippen LogP contribution in [0.25, 0.3) is 0 Å². The maximum absolute atomic E-state index is 12.7. The lowest BCUT2D eigenvalue weighted by Gasteiger charge is -2.15. The van der Waals surface area contributed by atoms with Crippen LogP contribution in [-0.2, 0) is 13.1 Å². The molecule has 0 saturated carbocycles. The van der Waals surface area contributed by atoms with Crippen LogP contribution in [0, 0.1) is 6.92 Å². The van der Waals surface area contributed by atoms with E-state index in [-0.39, 0.29) is 47.9 Å². The van der Waals surface area contributed by atoms with Crippen LogP contribution < -0.4 is 20.7 Å². The topological polar surface area (TPSA) is 87.9 Å². The Bertz CT molecular complexity index is 1080. The summed E-state index contributed by atoms with van der Waals surface area (Å²) < 4.78 is 35.0. The van der Waals surface area contributed by atoms with E-state index in [1.807, 2.05) is 25.1 Å². The number of rotatable bonds is 8. The zero-order chi connectivity index (χ0) is 22.9. The highest BCUT2D eigenvalue weighted by atomic mass is 127. The summed E-state index contributed by atoms with van der Waals surface area (Å²) in [4.78, 5) is 16.3. The number of benzene rings is 2. The normalized spacial score (nSPS) is 11.0. The zero-order valence-electron chi connectivity index (χ0n) is 18.1. The highest BCUT2D eigenvalue weighted by Crippen LogP contribution is 2.22. The molecule has 1 amide bonds. The van der Waals surface area contributed by atoms with Gasteiger partial charge in [0.1, 0.15) is 5.75 Å². The van der Waals surface area contributed by atoms with Crippen molar-refractivity contribution in [3.05, 3.63) is 83.3 Å². The molecule has 1 heterocycles. The fraction of sp³-hybridized carbons (Fsp3) is 0.217. The van der Waals surface area contributed by atoms with E-state index in [0.29, 0.717) is 23.8 Å². The van der Waals surface area contributed by atoms with Gasteiger partial charge in [0.25, 0.3) is 5.91 Å². The van der Waals surface area contributed by atoms with Gasteiger partial charge >= 0.3 is 6.61 Å². The summed E-state index contributed by atoms with van der Waals surface area (Å²) >= 11 is 0. The number of carbonyl (C=O) groups is 1. The quantitative estimate of drug-likeness (QED) is 0.203. The summed E-state index contributed by atoms with van der Waals surface area (Å²) in [5.74, 6) is 0.495. The number of furan rings is 1. The molecule has 0 unspecified atom stereocenters. The Kier molecular flexibility index (Phi) is 10.1. The van der Waals surface area contributed by atoms with Crippen molar-refractivity contribution in [1.29, 1.82) is 0 Å². The number of ether oxygens (including phenoxy) is 1. The number of carbonyl (C=O) groups excluding carboxylic acids is 1. The first-order chi connectivity index (χ1) is 15.4. The van der Waals surface area contributed by atoms with E-state index in [2.05, 4.69) is 25.7 Å². The Morgan fingerprint density at radius 1 is 1.09 bits per heavy atom. The lowest BCUT2D eigenvalue weighted by atomic mass is 10.1. The molecular weight excluding hydrogens is 545 g/mol. The molecule has 3 rings (SSSR count). The number of hydrogen-bond acceptors (Lipinski definition) is 4. The third-order valence-electron chi connectivity index (χ3n) is 4.49. The number of alkyl halides is 2. The molecule has 0 bridgehead atoms. The minimum atomic E-state index is -2.89. The lowest BCUT2D eigenvalue weighted by molar-refractivity contribution is -0.0504. The van der Waals surface area contributed by atoms with Crippen molar-refractivity contribution in [2.75, 3.05) is 12.4 Å². The molecule has 33 heavy (non-hydrogen) atoms. The molecule has 0 aliphatic rings. The van der Waals surface area contributed by atoms with E-state index in [1.165, 1.54) is 12.3 Å². The average Bonchev–Trinajstić information content (AvgIpc) is 3.31. The van der Waals surface area contributed by atoms with Crippen LogP contribution >= 0.6 is 24.0 Å². The van der Waals surface area contributed by atoms with Crippen LogP contribution in [0.1, 0.15) is 27.2 Å². The van der Waals surface area contributed by atoms with Gasteiger partial charge < -0.3 is 25.1 Å². The third kappa shape index (κ3) is 8.04. The molecule has 0 saturated heterocycles. The predicted octanol–water partition coefficient (Wildman–Crippen LogP) is 4.92. The minimum absolute atomic E-state index is 0. The van der Waals surface area contributed by atoms with E-state index < -0.39 is 6.61 Å². The van der Waals surface area contributed by atoms with Crippen molar-refractivity contribution < 1.29 is 22.7 Å². The third-order valence-corrected chi connectivity index (χ3v) is 4.49. The summed E-state index contributed by atoms with van der Waals surface area (Å²) in [6.07, 6.45) is 1.44. The van der Waals surface area contributed by atoms with Gasteiger partial charge in [-0.15, -0.1) is 24.0 Å². The van der Waals surface area contributed by atoms with Gasteiger partial charge in [-0.25, -0.2) is 0 Å². The fourth-order valence-electron chi connectivity index (χ4n) is 3.00. The number of guanidine groups is 1. The number of nitrogens with zero attached hydrogens (tertiary/aromatic N) is 1. The first-order valence-corrected chi connectivity index (χ1v) is 9.87. The molecule has 0 radical (unpaired) electrons. The van der Waals surface area contributed by atoms with Gasteiger partial charge in [-0.2, -0.15) is 8.78 Å². The summed E-state index contributed by atoms with van der Waals surface area (Å²) in [6, 6.07) is 15.6. The van der Waals surface area contributed by atoms with Crippen molar-refractivity contribution >= 4 is 41.5 Å². The maximum atomic E-state index is 12.7. The van der Waals surface area contributed by atoms with E-state index in [9.17, 15) is 13.6 Å². The average molecular weight is 570 g/mol. The molecule has 0 fully saturated rings. The Balaban J connectivity index is 0.00000385. The molecule has 3 N–H and O–H groups in total. The predicted molar refractivity (Wildman–Crippen MR) is 133 cm³/mol. The number of halogens is 3. The van der Waals surface area contributed by atoms with Gasteiger partial charge in [0, 0.05) is 31.4 Å². The molecule has 7 nitrogen and oxygen atoms in total. The van der Waals surface area contributed by atoms with Crippen molar-refractivity contribution in [3.63, 3.8) is 0 Å². The Labute approximate surface area is 207 Å². The highest BCUT2D eigenvalue weighted by molar-refractivity contribution is 14.0. The van der Waals surface area contributed by atoms with Gasteiger partial charge in [-0.3, -0.25) is 9.79 Å². The largest absolute Gasteiger partial charge is 0.459 e. The molecule has 0 atom stereocenters. The van der Waals surface area contributed by atoms with Crippen molar-refractivity contribution in [2.45, 2.75) is 26.6 Å². The van der Waals surface area contributed by atoms with Crippen LogP contribution in [0.2, 0.25) is 0 Å². The molecular formula is C23H25F2IN4O3. The number of aryl methyl sites for hydroxylation is 1. The second-order valence-corrected chi connectivity index (χ2v) is 6.90. The molecule has 2 aromatic carbocycles.